The van der Waals surface area contributed by atoms with E-state index in [4.69, 9.17) is 4.74 Å². The maximum absolute atomic E-state index is 12.7. The van der Waals surface area contributed by atoms with E-state index in [-0.39, 0.29) is 6.61 Å². The van der Waals surface area contributed by atoms with Crippen molar-refractivity contribution in [2.75, 3.05) is 11.9 Å². The number of hydrogen-bond acceptors (Lipinski definition) is 6. The number of aryl methyl sites for hydroxylation is 1. The van der Waals surface area contributed by atoms with E-state index in [0.29, 0.717) is 23.4 Å². The molecule has 25 heavy (non-hydrogen) atoms. The zero-order valence-electron chi connectivity index (χ0n) is 14.8. The lowest BCUT2D eigenvalue weighted by atomic mass is 9.76. The molecule has 1 amide bonds. The van der Waals surface area contributed by atoms with Crippen LogP contribution in [-0.4, -0.2) is 24.5 Å². The molecular weight excluding hydrogens is 342 g/mol. The van der Waals surface area contributed by atoms with Crippen molar-refractivity contribution in [3.8, 4) is 0 Å². The van der Waals surface area contributed by atoms with Gasteiger partial charge in [-0.15, -0.1) is 11.3 Å². The van der Waals surface area contributed by atoms with Gasteiger partial charge in [0.1, 0.15) is 5.00 Å². The molecule has 1 aliphatic rings. The van der Waals surface area contributed by atoms with Crippen LogP contribution in [0.4, 0.5) is 5.00 Å². The monoisotopic (exact) mass is 364 g/mol. The number of aliphatic carboxylic acids is 1. The molecule has 136 valence electrons. The zero-order chi connectivity index (χ0) is 18.7. The molecule has 1 N–H and O–H groups in total. The number of esters is 1. The van der Waals surface area contributed by atoms with Gasteiger partial charge in [0.15, 0.2) is 0 Å². The van der Waals surface area contributed by atoms with Crippen molar-refractivity contribution in [2.24, 2.45) is 11.8 Å². The van der Waals surface area contributed by atoms with E-state index in [1.165, 1.54) is 11.3 Å². The van der Waals surface area contributed by atoms with Gasteiger partial charge in [0.05, 0.1) is 18.1 Å². The predicted molar refractivity (Wildman–Crippen MR) is 93.2 cm³/mol. The Morgan fingerprint density at radius 1 is 1.20 bits per heavy atom. The maximum atomic E-state index is 12.7. The number of hydrogen-bond donors (Lipinski definition) is 1. The van der Waals surface area contributed by atoms with E-state index >= 15 is 0 Å². The molecule has 0 fully saturated rings. The molecule has 0 spiro atoms. The molecule has 2 unspecified atom stereocenters. The third kappa shape index (κ3) is 4.28. The van der Waals surface area contributed by atoms with Gasteiger partial charge >= 0.3 is 5.97 Å². The number of amides is 1. The lowest BCUT2D eigenvalue weighted by Crippen LogP contribution is -2.42. The number of carboxylic acid groups (broad SMARTS) is 1. The van der Waals surface area contributed by atoms with Gasteiger partial charge in [0.2, 0.25) is 5.91 Å². The number of allylic oxidation sites excluding steroid dienone is 2. The highest BCUT2D eigenvalue weighted by Gasteiger charge is 2.34. The van der Waals surface area contributed by atoms with Crippen LogP contribution in [0, 0.1) is 18.8 Å². The van der Waals surface area contributed by atoms with Gasteiger partial charge in [0.25, 0.3) is 0 Å². The van der Waals surface area contributed by atoms with Gasteiger partial charge in [0, 0.05) is 16.8 Å². The molecule has 0 bridgehead atoms. The minimum atomic E-state index is -1.22. The largest absolute Gasteiger partial charge is 0.550 e. The normalized spacial score (nSPS) is 20.3. The Kier molecular flexibility index (Phi) is 6.00. The van der Waals surface area contributed by atoms with Crippen molar-refractivity contribution in [3.63, 3.8) is 0 Å². The first kappa shape index (κ1) is 19.2. The van der Waals surface area contributed by atoms with E-state index in [2.05, 4.69) is 5.32 Å². The first-order valence-electron chi connectivity index (χ1n) is 8.19. The Morgan fingerprint density at radius 3 is 2.36 bits per heavy atom. The summed E-state index contributed by atoms with van der Waals surface area (Å²) in [6, 6.07) is 1.66. The average Bonchev–Trinajstić information content (AvgIpc) is 2.90. The van der Waals surface area contributed by atoms with Crippen LogP contribution in [0.25, 0.3) is 0 Å². The summed E-state index contributed by atoms with van der Waals surface area (Å²) < 4.78 is 5.00. The zero-order valence-corrected chi connectivity index (χ0v) is 15.6. The van der Waals surface area contributed by atoms with Crippen molar-refractivity contribution < 1.29 is 24.2 Å². The van der Waals surface area contributed by atoms with Crippen LogP contribution < -0.4 is 10.4 Å². The average molecular weight is 364 g/mol. The second-order valence-corrected chi connectivity index (χ2v) is 7.57. The summed E-state index contributed by atoms with van der Waals surface area (Å²) in [5.41, 5.74) is 2.30. The van der Waals surface area contributed by atoms with Crippen LogP contribution in [0.15, 0.2) is 17.2 Å². The molecule has 1 aliphatic carbocycles. The molecule has 0 aromatic carbocycles. The van der Waals surface area contributed by atoms with Crippen molar-refractivity contribution in [3.05, 3.63) is 27.7 Å². The third-order valence-electron chi connectivity index (χ3n) is 4.49. The summed E-state index contributed by atoms with van der Waals surface area (Å²) in [6.07, 6.45) is 0.676. The number of thiophene rings is 1. The molecule has 1 heterocycles. The number of ether oxygens (including phenoxy) is 1. The first-order chi connectivity index (χ1) is 11.7. The fourth-order valence-corrected chi connectivity index (χ4v) is 3.89. The highest BCUT2D eigenvalue weighted by molar-refractivity contribution is 7.16. The van der Waals surface area contributed by atoms with Gasteiger partial charge in [-0.1, -0.05) is 11.1 Å². The Balaban J connectivity index is 2.24. The molecule has 0 aliphatic heterocycles. The van der Waals surface area contributed by atoms with Crippen LogP contribution in [0.3, 0.4) is 0 Å². The smallest absolute Gasteiger partial charge is 0.341 e. The Morgan fingerprint density at radius 2 is 1.80 bits per heavy atom. The topological polar surface area (TPSA) is 95.5 Å². The lowest BCUT2D eigenvalue weighted by molar-refractivity contribution is -0.313. The summed E-state index contributed by atoms with van der Waals surface area (Å²) in [7, 11) is 0. The number of nitrogens with one attached hydrogen (secondary N) is 1. The van der Waals surface area contributed by atoms with E-state index < -0.39 is 29.7 Å². The molecule has 2 rings (SSSR count). The number of carbonyl (C=O) groups excluding carboxylic acids is 3. The van der Waals surface area contributed by atoms with Gasteiger partial charge in [-0.2, -0.15) is 0 Å². The molecule has 6 nitrogen and oxygen atoms in total. The van der Waals surface area contributed by atoms with Crippen LogP contribution in [0.2, 0.25) is 0 Å². The number of carbonyl (C=O) groups is 3. The molecule has 1 aromatic rings. The van der Waals surface area contributed by atoms with E-state index in [0.717, 1.165) is 16.0 Å². The number of carboxylic acids is 1. The molecule has 0 saturated carbocycles. The molecule has 0 radical (unpaired) electrons. The van der Waals surface area contributed by atoms with Crippen molar-refractivity contribution in [1.29, 1.82) is 0 Å². The highest BCUT2D eigenvalue weighted by Crippen LogP contribution is 2.36. The quantitative estimate of drug-likeness (QED) is 0.639. The summed E-state index contributed by atoms with van der Waals surface area (Å²) >= 11 is 1.26. The second kappa shape index (κ2) is 7.82. The van der Waals surface area contributed by atoms with Gasteiger partial charge in [-0.25, -0.2) is 4.79 Å². The summed E-state index contributed by atoms with van der Waals surface area (Å²) in [6.45, 7) is 7.55. The minimum absolute atomic E-state index is 0.236. The predicted octanol–water partition coefficient (Wildman–Crippen LogP) is 2.28. The Hall–Kier alpha value is -2.15. The Bertz CT molecular complexity index is 734. The van der Waals surface area contributed by atoms with Gasteiger partial charge < -0.3 is 20.0 Å². The van der Waals surface area contributed by atoms with Crippen LogP contribution in [0.5, 0.6) is 0 Å². The number of anilines is 1. The van der Waals surface area contributed by atoms with Crippen LogP contribution in [0.1, 0.15) is 48.8 Å². The number of rotatable bonds is 5. The fraction of sp³-hybridized carbons (Fsp3) is 0.500. The van der Waals surface area contributed by atoms with Crippen molar-refractivity contribution >= 4 is 34.2 Å². The second-order valence-electron chi connectivity index (χ2n) is 6.31. The summed E-state index contributed by atoms with van der Waals surface area (Å²) in [4.78, 5) is 37.0. The highest BCUT2D eigenvalue weighted by atomic mass is 32.1. The molecule has 0 saturated heterocycles. The standard InChI is InChI=1S/C18H23NO5S/c1-5-24-18(23)14-8-11(4)25-16(14)19-15(20)12-6-9(2)10(3)7-13(12)17(21)22/h8,12-13H,5-7H2,1-4H3,(H,19,20)(H,21,22)/p-1. The SMILES string of the molecule is CCOC(=O)c1cc(C)sc1NC(=O)C1CC(C)=C(C)CC1C(=O)[O-]. The van der Waals surface area contributed by atoms with Gasteiger partial charge in [-0.3, -0.25) is 4.79 Å². The minimum Gasteiger partial charge on any atom is -0.550 e. The molecule has 2 atom stereocenters. The van der Waals surface area contributed by atoms with Crippen LogP contribution >= 0.6 is 11.3 Å². The van der Waals surface area contributed by atoms with Gasteiger partial charge in [-0.05, 0) is 46.6 Å². The molecular formula is C18H22NO5S-. The molecule has 1 aromatic heterocycles. The van der Waals surface area contributed by atoms with Crippen molar-refractivity contribution in [1.82, 2.24) is 0 Å². The first-order valence-corrected chi connectivity index (χ1v) is 9.00. The van der Waals surface area contributed by atoms with Crippen molar-refractivity contribution in [2.45, 2.75) is 40.5 Å². The summed E-state index contributed by atoms with van der Waals surface area (Å²) in [5.74, 6) is -3.72. The third-order valence-corrected chi connectivity index (χ3v) is 5.46. The maximum Gasteiger partial charge on any atom is 0.341 e. The van der Waals surface area contributed by atoms with E-state index in [9.17, 15) is 19.5 Å². The summed E-state index contributed by atoms with van der Waals surface area (Å²) in [5, 5.41) is 14.6. The lowest BCUT2D eigenvalue weighted by Gasteiger charge is -2.32. The fourth-order valence-electron chi connectivity index (χ4n) is 2.99. The van der Waals surface area contributed by atoms with E-state index in [1.54, 1.807) is 13.0 Å². The molecule has 7 heteroatoms. The van der Waals surface area contributed by atoms with Crippen LogP contribution in [-0.2, 0) is 14.3 Å². The van der Waals surface area contributed by atoms with E-state index in [1.807, 2.05) is 20.8 Å². The Labute approximate surface area is 150 Å².